The molecule has 0 saturated carbocycles. The fourth-order valence-corrected chi connectivity index (χ4v) is 3.89. The van der Waals surface area contributed by atoms with Crippen LogP contribution in [0, 0.1) is 0 Å². The maximum absolute atomic E-state index is 12.3. The first-order chi connectivity index (χ1) is 14.7. The van der Waals surface area contributed by atoms with Gasteiger partial charge < -0.3 is 14.8 Å². The molecule has 3 heterocycles. The van der Waals surface area contributed by atoms with E-state index in [1.807, 2.05) is 36.4 Å². The molecule has 1 aliphatic rings. The first-order valence-electron chi connectivity index (χ1n) is 10.3. The molecule has 1 aliphatic heterocycles. The van der Waals surface area contributed by atoms with E-state index in [1.54, 1.807) is 18.5 Å². The number of benzene rings is 1. The normalized spacial score (nSPS) is 17.0. The van der Waals surface area contributed by atoms with Crippen molar-refractivity contribution in [1.29, 1.82) is 0 Å². The number of rotatable bonds is 7. The summed E-state index contributed by atoms with van der Waals surface area (Å²) in [6, 6.07) is 13.4. The summed E-state index contributed by atoms with van der Waals surface area (Å²) < 4.78 is 5.44. The van der Waals surface area contributed by atoms with Crippen LogP contribution in [0.1, 0.15) is 36.6 Å². The summed E-state index contributed by atoms with van der Waals surface area (Å²) in [5, 5.41) is 8.88. The zero-order valence-corrected chi connectivity index (χ0v) is 16.8. The number of aliphatic hydroxyl groups excluding tert-OH is 1. The molecule has 0 spiro atoms. The molecule has 0 radical (unpaired) electrons. The van der Waals surface area contributed by atoms with Crippen LogP contribution in [-0.2, 0) is 6.54 Å². The lowest BCUT2D eigenvalue weighted by atomic mass is 9.98. The number of piperidine rings is 1. The van der Waals surface area contributed by atoms with Crippen molar-refractivity contribution in [2.75, 3.05) is 19.8 Å². The van der Waals surface area contributed by atoms with Crippen LogP contribution < -0.4 is 10.3 Å². The molecule has 0 amide bonds. The second-order valence-corrected chi connectivity index (χ2v) is 7.46. The number of nitrogens with zero attached hydrogens (tertiary/aromatic N) is 3. The van der Waals surface area contributed by atoms with E-state index in [2.05, 4.69) is 14.9 Å². The summed E-state index contributed by atoms with van der Waals surface area (Å²) in [6.45, 7) is 2.04. The average Bonchev–Trinajstić information content (AvgIpc) is 2.79. The van der Waals surface area contributed by atoms with Crippen molar-refractivity contribution in [3.05, 3.63) is 76.5 Å². The van der Waals surface area contributed by atoms with E-state index in [-0.39, 0.29) is 18.2 Å². The molecule has 4 rings (SSSR count). The zero-order chi connectivity index (χ0) is 20.8. The highest BCUT2D eigenvalue weighted by Crippen LogP contribution is 2.31. The highest BCUT2D eigenvalue weighted by atomic mass is 16.5. The molecular formula is C23H26N4O3. The summed E-state index contributed by atoms with van der Waals surface area (Å²) >= 11 is 0. The van der Waals surface area contributed by atoms with Gasteiger partial charge in [0.05, 0.1) is 18.3 Å². The van der Waals surface area contributed by atoms with Crippen LogP contribution in [0.2, 0.25) is 0 Å². The van der Waals surface area contributed by atoms with Gasteiger partial charge in [0, 0.05) is 30.6 Å². The van der Waals surface area contributed by atoms with Gasteiger partial charge in [0.1, 0.15) is 18.2 Å². The fourth-order valence-electron chi connectivity index (χ4n) is 3.89. The van der Waals surface area contributed by atoms with Crippen molar-refractivity contribution >= 4 is 0 Å². The molecule has 0 unspecified atom stereocenters. The molecule has 0 aliphatic carbocycles. The van der Waals surface area contributed by atoms with Crippen molar-refractivity contribution in [2.45, 2.75) is 31.8 Å². The Kier molecular flexibility index (Phi) is 6.51. The highest BCUT2D eigenvalue weighted by molar-refractivity contribution is 5.52. The summed E-state index contributed by atoms with van der Waals surface area (Å²) in [6.07, 6.45) is 6.63. The predicted molar refractivity (Wildman–Crippen MR) is 114 cm³/mol. The van der Waals surface area contributed by atoms with E-state index in [1.165, 1.54) is 5.56 Å². The summed E-state index contributed by atoms with van der Waals surface area (Å²) in [7, 11) is 0. The Morgan fingerprint density at radius 3 is 2.83 bits per heavy atom. The van der Waals surface area contributed by atoms with E-state index in [0.717, 1.165) is 49.4 Å². The van der Waals surface area contributed by atoms with Crippen molar-refractivity contribution in [1.82, 2.24) is 19.9 Å². The maximum Gasteiger partial charge on any atom is 0.251 e. The van der Waals surface area contributed by atoms with Gasteiger partial charge in [-0.15, -0.1) is 0 Å². The van der Waals surface area contributed by atoms with Crippen LogP contribution in [-0.4, -0.2) is 44.7 Å². The highest BCUT2D eigenvalue weighted by Gasteiger charge is 2.26. The lowest BCUT2D eigenvalue weighted by molar-refractivity contribution is 0.137. The van der Waals surface area contributed by atoms with Crippen molar-refractivity contribution in [3.63, 3.8) is 0 Å². The third-order valence-corrected chi connectivity index (χ3v) is 5.32. The molecule has 1 atom stereocenters. The minimum absolute atomic E-state index is 0.00144. The van der Waals surface area contributed by atoms with Crippen molar-refractivity contribution < 1.29 is 9.84 Å². The summed E-state index contributed by atoms with van der Waals surface area (Å²) in [4.78, 5) is 26.5. The number of ether oxygens (including phenoxy) is 1. The fraction of sp³-hybridized carbons (Fsp3) is 0.348. The van der Waals surface area contributed by atoms with Crippen LogP contribution in [0.15, 0.2) is 59.7 Å². The SMILES string of the molecule is O=c1cc([C@@H]2CCCCN2Cc2ccc(OCCO)cc2)nc(-c2cccnc2)[nH]1. The first-order valence-corrected chi connectivity index (χ1v) is 10.3. The second-order valence-electron chi connectivity index (χ2n) is 7.46. The van der Waals surface area contributed by atoms with Crippen molar-refractivity contribution in [2.24, 2.45) is 0 Å². The molecule has 2 aromatic heterocycles. The van der Waals surface area contributed by atoms with Gasteiger partial charge in [-0.2, -0.15) is 0 Å². The van der Waals surface area contributed by atoms with Gasteiger partial charge in [0.15, 0.2) is 0 Å². The van der Waals surface area contributed by atoms with Gasteiger partial charge >= 0.3 is 0 Å². The number of aliphatic hydroxyl groups is 1. The van der Waals surface area contributed by atoms with E-state index >= 15 is 0 Å². The quantitative estimate of drug-likeness (QED) is 0.627. The molecule has 156 valence electrons. The largest absolute Gasteiger partial charge is 0.491 e. The summed E-state index contributed by atoms with van der Waals surface area (Å²) in [5.41, 5.74) is 2.64. The van der Waals surface area contributed by atoms with Crippen LogP contribution in [0.3, 0.4) is 0 Å². The minimum Gasteiger partial charge on any atom is -0.491 e. The lowest BCUT2D eigenvalue weighted by Crippen LogP contribution is -2.34. The summed E-state index contributed by atoms with van der Waals surface area (Å²) in [5.74, 6) is 1.31. The van der Waals surface area contributed by atoms with Gasteiger partial charge in [0.2, 0.25) is 0 Å². The van der Waals surface area contributed by atoms with E-state index in [0.29, 0.717) is 12.4 Å². The number of nitrogens with one attached hydrogen (secondary N) is 1. The Morgan fingerprint density at radius 2 is 2.07 bits per heavy atom. The number of likely N-dealkylation sites (tertiary alicyclic amines) is 1. The van der Waals surface area contributed by atoms with Crippen LogP contribution >= 0.6 is 0 Å². The first kappa shape index (κ1) is 20.3. The van der Waals surface area contributed by atoms with E-state index in [9.17, 15) is 4.79 Å². The lowest BCUT2D eigenvalue weighted by Gasteiger charge is -2.35. The molecule has 2 N–H and O–H groups in total. The molecule has 3 aromatic rings. The van der Waals surface area contributed by atoms with Crippen LogP contribution in [0.25, 0.3) is 11.4 Å². The van der Waals surface area contributed by atoms with Gasteiger partial charge in [0.25, 0.3) is 5.56 Å². The second kappa shape index (κ2) is 9.65. The van der Waals surface area contributed by atoms with Gasteiger partial charge in [-0.25, -0.2) is 4.98 Å². The van der Waals surface area contributed by atoms with Gasteiger partial charge in [-0.05, 0) is 49.2 Å². The smallest absolute Gasteiger partial charge is 0.251 e. The van der Waals surface area contributed by atoms with Gasteiger partial charge in [-0.1, -0.05) is 18.6 Å². The third-order valence-electron chi connectivity index (χ3n) is 5.32. The molecule has 0 bridgehead atoms. The Hall–Kier alpha value is -3.03. The van der Waals surface area contributed by atoms with Gasteiger partial charge in [-0.3, -0.25) is 14.7 Å². The Morgan fingerprint density at radius 1 is 1.20 bits per heavy atom. The van der Waals surface area contributed by atoms with Crippen LogP contribution in [0.4, 0.5) is 0 Å². The molecule has 7 heteroatoms. The standard InChI is InChI=1S/C23H26N4O3/c28-12-13-30-19-8-6-17(7-9-19)16-27-11-2-1-5-21(27)20-14-22(29)26-23(25-20)18-4-3-10-24-15-18/h3-4,6-10,14-15,21,28H,1-2,5,11-13,16H2,(H,25,26,29)/t21-/m0/s1. The number of hydrogen-bond acceptors (Lipinski definition) is 6. The van der Waals surface area contributed by atoms with E-state index < -0.39 is 0 Å². The molecule has 1 fully saturated rings. The predicted octanol–water partition coefficient (Wildman–Crippen LogP) is 2.93. The zero-order valence-electron chi connectivity index (χ0n) is 16.8. The number of aromatic amines is 1. The van der Waals surface area contributed by atoms with Crippen LogP contribution in [0.5, 0.6) is 5.75 Å². The molecule has 30 heavy (non-hydrogen) atoms. The number of H-pyrrole nitrogens is 1. The Bertz CT molecular complexity index is 1000. The minimum atomic E-state index is -0.144. The maximum atomic E-state index is 12.3. The Labute approximate surface area is 175 Å². The Balaban J connectivity index is 1.55. The molecular weight excluding hydrogens is 380 g/mol. The van der Waals surface area contributed by atoms with Crippen molar-refractivity contribution in [3.8, 4) is 17.1 Å². The molecule has 7 nitrogen and oxygen atoms in total. The average molecular weight is 406 g/mol. The monoisotopic (exact) mass is 406 g/mol. The number of pyridine rings is 1. The molecule has 1 saturated heterocycles. The number of hydrogen-bond donors (Lipinski definition) is 2. The molecule has 1 aromatic carbocycles. The topological polar surface area (TPSA) is 91.3 Å². The number of aromatic nitrogens is 3. The van der Waals surface area contributed by atoms with E-state index in [4.69, 9.17) is 14.8 Å². The third kappa shape index (κ3) is 4.93.